The Kier molecular flexibility index (Phi) is 5.87. The van der Waals surface area contributed by atoms with Crippen LogP contribution >= 0.6 is 0 Å². The van der Waals surface area contributed by atoms with Gasteiger partial charge in [0.15, 0.2) is 0 Å². The normalized spacial score (nSPS) is 13.1. The quantitative estimate of drug-likeness (QED) is 0.768. The molecular formula is C17H29N. The maximum absolute atomic E-state index is 3.70. The van der Waals surface area contributed by atoms with Gasteiger partial charge in [0.1, 0.15) is 0 Å². The monoisotopic (exact) mass is 247 g/mol. The highest BCUT2D eigenvalue weighted by atomic mass is 14.9. The van der Waals surface area contributed by atoms with Crippen molar-refractivity contribution in [1.82, 2.24) is 5.32 Å². The number of nitrogens with one attached hydrogen (secondary N) is 1. The Morgan fingerprint density at radius 3 is 1.94 bits per heavy atom. The van der Waals surface area contributed by atoms with Crippen LogP contribution in [0.2, 0.25) is 0 Å². The number of aryl methyl sites for hydroxylation is 3. The van der Waals surface area contributed by atoms with Crippen molar-refractivity contribution in [3.63, 3.8) is 0 Å². The highest BCUT2D eigenvalue weighted by Crippen LogP contribution is 2.23. The molecule has 0 radical (unpaired) electrons. The van der Waals surface area contributed by atoms with E-state index in [9.17, 15) is 0 Å². The van der Waals surface area contributed by atoms with Crippen LogP contribution in [0.15, 0.2) is 12.1 Å². The van der Waals surface area contributed by atoms with Gasteiger partial charge in [0.05, 0.1) is 0 Å². The third-order valence-electron chi connectivity index (χ3n) is 4.04. The zero-order valence-corrected chi connectivity index (χ0v) is 12.9. The zero-order valence-electron chi connectivity index (χ0n) is 12.9. The Labute approximate surface area is 113 Å². The van der Waals surface area contributed by atoms with Crippen LogP contribution in [0.1, 0.15) is 61.9 Å². The molecule has 18 heavy (non-hydrogen) atoms. The molecule has 1 rings (SSSR count). The molecule has 0 saturated heterocycles. The molecule has 1 N–H and O–H groups in total. The van der Waals surface area contributed by atoms with Crippen LogP contribution in [0.3, 0.4) is 0 Å². The summed E-state index contributed by atoms with van der Waals surface area (Å²) < 4.78 is 0. The first kappa shape index (κ1) is 15.2. The van der Waals surface area contributed by atoms with E-state index in [-0.39, 0.29) is 0 Å². The lowest BCUT2D eigenvalue weighted by Crippen LogP contribution is -2.26. The Morgan fingerprint density at radius 2 is 1.50 bits per heavy atom. The predicted octanol–water partition coefficient (Wildman–Crippen LogP) is 4.70. The molecule has 0 heterocycles. The average molecular weight is 247 g/mol. The summed E-state index contributed by atoms with van der Waals surface area (Å²) in [6.07, 6.45) is 2.53. The predicted molar refractivity (Wildman–Crippen MR) is 81.1 cm³/mol. The zero-order chi connectivity index (χ0) is 13.7. The van der Waals surface area contributed by atoms with Crippen molar-refractivity contribution >= 4 is 0 Å². The van der Waals surface area contributed by atoms with E-state index in [4.69, 9.17) is 0 Å². The van der Waals surface area contributed by atoms with E-state index >= 15 is 0 Å². The smallest absolute Gasteiger partial charge is 0.0297 e. The lowest BCUT2D eigenvalue weighted by molar-refractivity contribution is 0.421. The molecule has 0 amide bonds. The molecule has 0 aliphatic rings. The molecule has 0 saturated carbocycles. The fourth-order valence-corrected chi connectivity index (χ4v) is 2.90. The first-order chi connectivity index (χ1) is 8.49. The summed E-state index contributed by atoms with van der Waals surface area (Å²) in [5.74, 6) is 0.804. The average Bonchev–Trinajstić information content (AvgIpc) is 2.28. The standard InChI is InChI=1S/C17H29N/c1-7-16(8-2)11-18-15(6)17-13(4)9-12(3)10-14(17)5/h9-10,15-16,18H,7-8,11H2,1-6H3. The summed E-state index contributed by atoms with van der Waals surface area (Å²) in [7, 11) is 0. The van der Waals surface area contributed by atoms with Gasteiger partial charge in [0.2, 0.25) is 0 Å². The Hall–Kier alpha value is -0.820. The number of benzene rings is 1. The fourth-order valence-electron chi connectivity index (χ4n) is 2.90. The lowest BCUT2D eigenvalue weighted by atomic mass is 9.94. The highest BCUT2D eigenvalue weighted by molar-refractivity contribution is 5.39. The summed E-state index contributed by atoms with van der Waals surface area (Å²) >= 11 is 0. The van der Waals surface area contributed by atoms with E-state index in [1.165, 1.54) is 35.1 Å². The Morgan fingerprint density at radius 1 is 1.00 bits per heavy atom. The molecule has 1 nitrogen and oxygen atoms in total. The molecule has 0 fully saturated rings. The minimum absolute atomic E-state index is 0.450. The molecule has 0 aliphatic carbocycles. The van der Waals surface area contributed by atoms with Gasteiger partial charge in [-0.1, -0.05) is 44.4 Å². The second-order valence-electron chi connectivity index (χ2n) is 5.62. The summed E-state index contributed by atoms with van der Waals surface area (Å²) in [5, 5.41) is 3.70. The highest BCUT2D eigenvalue weighted by Gasteiger charge is 2.13. The first-order valence-electron chi connectivity index (χ1n) is 7.30. The molecule has 1 heteroatoms. The van der Waals surface area contributed by atoms with Crippen molar-refractivity contribution in [2.45, 2.75) is 60.4 Å². The van der Waals surface area contributed by atoms with E-state index in [0.717, 1.165) is 12.5 Å². The van der Waals surface area contributed by atoms with Crippen molar-refractivity contribution in [2.75, 3.05) is 6.54 Å². The number of rotatable bonds is 6. The summed E-state index contributed by atoms with van der Waals surface area (Å²) in [5.41, 5.74) is 5.67. The van der Waals surface area contributed by atoms with Gasteiger partial charge in [-0.3, -0.25) is 0 Å². The largest absolute Gasteiger partial charge is 0.310 e. The second-order valence-corrected chi connectivity index (χ2v) is 5.62. The van der Waals surface area contributed by atoms with Gasteiger partial charge in [-0.05, 0) is 56.8 Å². The summed E-state index contributed by atoms with van der Waals surface area (Å²) in [6.45, 7) is 14.6. The van der Waals surface area contributed by atoms with Crippen LogP contribution in [-0.2, 0) is 0 Å². The van der Waals surface area contributed by atoms with E-state index < -0.39 is 0 Å². The molecule has 0 bridgehead atoms. The maximum atomic E-state index is 3.70. The van der Waals surface area contributed by atoms with Crippen LogP contribution in [0.5, 0.6) is 0 Å². The number of hydrogen-bond donors (Lipinski definition) is 1. The summed E-state index contributed by atoms with van der Waals surface area (Å²) in [6, 6.07) is 5.03. The minimum atomic E-state index is 0.450. The summed E-state index contributed by atoms with van der Waals surface area (Å²) in [4.78, 5) is 0. The van der Waals surface area contributed by atoms with Gasteiger partial charge < -0.3 is 5.32 Å². The Bertz CT molecular complexity index is 354. The molecular weight excluding hydrogens is 218 g/mol. The number of hydrogen-bond acceptors (Lipinski definition) is 1. The molecule has 1 atom stereocenters. The maximum Gasteiger partial charge on any atom is 0.0297 e. The second kappa shape index (κ2) is 6.94. The van der Waals surface area contributed by atoms with Gasteiger partial charge in [0.25, 0.3) is 0 Å². The van der Waals surface area contributed by atoms with Crippen molar-refractivity contribution in [1.29, 1.82) is 0 Å². The van der Waals surface area contributed by atoms with Crippen LogP contribution < -0.4 is 5.32 Å². The molecule has 1 aromatic rings. The minimum Gasteiger partial charge on any atom is -0.310 e. The van der Waals surface area contributed by atoms with Crippen LogP contribution in [0, 0.1) is 26.7 Å². The SMILES string of the molecule is CCC(CC)CNC(C)c1c(C)cc(C)cc1C. The third-order valence-corrected chi connectivity index (χ3v) is 4.04. The topological polar surface area (TPSA) is 12.0 Å². The van der Waals surface area contributed by atoms with Crippen molar-refractivity contribution < 1.29 is 0 Å². The molecule has 0 spiro atoms. The van der Waals surface area contributed by atoms with Crippen molar-refractivity contribution in [2.24, 2.45) is 5.92 Å². The van der Waals surface area contributed by atoms with Crippen molar-refractivity contribution in [3.05, 3.63) is 34.4 Å². The Balaban J connectivity index is 2.75. The van der Waals surface area contributed by atoms with E-state index in [0.29, 0.717) is 6.04 Å². The molecule has 1 unspecified atom stereocenters. The molecule has 0 aliphatic heterocycles. The van der Waals surface area contributed by atoms with Crippen molar-refractivity contribution in [3.8, 4) is 0 Å². The third kappa shape index (κ3) is 3.84. The van der Waals surface area contributed by atoms with E-state index in [1.807, 2.05) is 0 Å². The van der Waals surface area contributed by atoms with Gasteiger partial charge in [0, 0.05) is 6.04 Å². The molecule has 0 aromatic heterocycles. The fraction of sp³-hybridized carbons (Fsp3) is 0.647. The van der Waals surface area contributed by atoms with E-state index in [1.54, 1.807) is 0 Å². The first-order valence-corrected chi connectivity index (χ1v) is 7.30. The van der Waals surface area contributed by atoms with E-state index in [2.05, 4.69) is 59.0 Å². The molecule has 1 aromatic carbocycles. The van der Waals surface area contributed by atoms with Gasteiger partial charge in [-0.25, -0.2) is 0 Å². The lowest BCUT2D eigenvalue weighted by Gasteiger charge is -2.22. The van der Waals surface area contributed by atoms with Crippen LogP contribution in [0.4, 0.5) is 0 Å². The van der Waals surface area contributed by atoms with Crippen LogP contribution in [-0.4, -0.2) is 6.54 Å². The van der Waals surface area contributed by atoms with Gasteiger partial charge in [-0.2, -0.15) is 0 Å². The van der Waals surface area contributed by atoms with Gasteiger partial charge in [-0.15, -0.1) is 0 Å². The molecule has 102 valence electrons. The van der Waals surface area contributed by atoms with Gasteiger partial charge >= 0.3 is 0 Å². The van der Waals surface area contributed by atoms with Crippen LogP contribution in [0.25, 0.3) is 0 Å².